The van der Waals surface area contributed by atoms with Crippen molar-refractivity contribution in [1.82, 2.24) is 14.7 Å². The Bertz CT molecular complexity index is 657. The molecule has 0 aromatic carbocycles. The van der Waals surface area contributed by atoms with Gasteiger partial charge in [0, 0.05) is 6.04 Å². The van der Waals surface area contributed by atoms with Gasteiger partial charge in [0.05, 0.1) is 23.9 Å². The smallest absolute Gasteiger partial charge is 0.229 e. The van der Waals surface area contributed by atoms with Crippen molar-refractivity contribution < 1.29 is 16.8 Å². The molecule has 106 valence electrons. The predicted molar refractivity (Wildman–Crippen MR) is 69.0 cm³/mol. The molecule has 7 nitrogen and oxygen atoms in total. The highest BCUT2D eigenvalue weighted by atomic mass is 35.5. The maximum atomic E-state index is 12.0. The van der Waals surface area contributed by atoms with E-state index in [4.69, 9.17) is 11.6 Å². The minimum Gasteiger partial charge on any atom is -0.229 e. The van der Waals surface area contributed by atoms with Crippen LogP contribution in [0.5, 0.6) is 0 Å². The van der Waals surface area contributed by atoms with Crippen LogP contribution >= 0.6 is 11.6 Å². The number of aromatic nitrogens is 2. The summed E-state index contributed by atoms with van der Waals surface area (Å²) in [5.74, 6) is -0.0735. The summed E-state index contributed by atoms with van der Waals surface area (Å²) in [6, 6.07) is -0.612. The van der Waals surface area contributed by atoms with Crippen molar-refractivity contribution in [3.63, 3.8) is 0 Å². The third kappa shape index (κ3) is 3.85. The molecule has 1 aliphatic rings. The van der Waals surface area contributed by atoms with E-state index in [1.54, 1.807) is 0 Å². The molecule has 2 rings (SSSR count). The van der Waals surface area contributed by atoms with Gasteiger partial charge in [-0.2, -0.15) is 0 Å². The Kier molecular flexibility index (Phi) is 4.09. The van der Waals surface area contributed by atoms with Crippen molar-refractivity contribution in [2.45, 2.75) is 23.8 Å². The van der Waals surface area contributed by atoms with Crippen LogP contribution in [0.15, 0.2) is 17.3 Å². The Morgan fingerprint density at radius 3 is 2.53 bits per heavy atom. The summed E-state index contributed by atoms with van der Waals surface area (Å²) < 4.78 is 49.2. The van der Waals surface area contributed by atoms with Gasteiger partial charge in [-0.3, -0.25) is 0 Å². The maximum absolute atomic E-state index is 12.0. The van der Waals surface area contributed by atoms with Crippen LogP contribution in [0, 0.1) is 0 Å². The number of hydrogen-bond acceptors (Lipinski definition) is 6. The first-order chi connectivity index (χ1) is 8.78. The minimum atomic E-state index is -3.82. The molecule has 0 saturated carbocycles. The summed E-state index contributed by atoms with van der Waals surface area (Å²) >= 11 is 5.47. The Balaban J connectivity index is 2.15. The lowest BCUT2D eigenvalue weighted by Gasteiger charge is -2.22. The minimum absolute atomic E-state index is 0.0563. The van der Waals surface area contributed by atoms with Crippen LogP contribution in [0.25, 0.3) is 0 Å². The fourth-order valence-corrected chi connectivity index (χ4v) is 4.84. The van der Waals surface area contributed by atoms with Gasteiger partial charge in [-0.25, -0.2) is 31.5 Å². The molecule has 0 amide bonds. The van der Waals surface area contributed by atoms with Crippen LogP contribution in [0.3, 0.4) is 0 Å². The zero-order valence-electron chi connectivity index (χ0n) is 9.78. The van der Waals surface area contributed by atoms with Gasteiger partial charge in [-0.1, -0.05) is 0 Å². The first-order valence-electron chi connectivity index (χ1n) is 5.49. The largest absolute Gasteiger partial charge is 0.243 e. The summed E-state index contributed by atoms with van der Waals surface area (Å²) in [6.45, 7) is 0. The number of sulfone groups is 1. The predicted octanol–water partition coefficient (Wildman–Crippen LogP) is -0.0145. The zero-order valence-corrected chi connectivity index (χ0v) is 12.2. The van der Waals surface area contributed by atoms with Crippen LogP contribution in [-0.4, -0.2) is 44.4 Å². The van der Waals surface area contributed by atoms with Crippen LogP contribution in [0.4, 0.5) is 0 Å². The molecule has 0 radical (unpaired) electrons. The molecule has 1 saturated heterocycles. The van der Waals surface area contributed by atoms with Gasteiger partial charge in [0.1, 0.15) is 4.90 Å². The van der Waals surface area contributed by atoms with Crippen LogP contribution in [-0.2, 0) is 19.9 Å². The van der Waals surface area contributed by atoms with E-state index in [2.05, 4.69) is 14.7 Å². The number of rotatable bonds is 3. The molecule has 1 unspecified atom stereocenters. The van der Waals surface area contributed by atoms with Gasteiger partial charge >= 0.3 is 0 Å². The van der Waals surface area contributed by atoms with Crippen molar-refractivity contribution in [3.8, 4) is 0 Å². The molecule has 1 aromatic heterocycles. The standard InChI is InChI=1S/C9H12ClN3O4S2/c10-9-11-4-8(5-12-9)19(16,17)13-7-2-1-3-18(14,15)6-7/h4-5,7,13H,1-3,6H2. The van der Waals surface area contributed by atoms with E-state index in [0.29, 0.717) is 12.8 Å². The molecular formula is C9H12ClN3O4S2. The van der Waals surface area contributed by atoms with E-state index in [1.807, 2.05) is 0 Å². The number of halogens is 1. The third-order valence-corrected chi connectivity index (χ3v) is 6.18. The van der Waals surface area contributed by atoms with E-state index in [0.717, 1.165) is 12.4 Å². The van der Waals surface area contributed by atoms with Gasteiger partial charge in [0.15, 0.2) is 9.84 Å². The fraction of sp³-hybridized carbons (Fsp3) is 0.556. The highest BCUT2D eigenvalue weighted by Gasteiger charge is 2.28. The van der Waals surface area contributed by atoms with E-state index in [9.17, 15) is 16.8 Å². The lowest BCUT2D eigenvalue weighted by atomic mass is 10.2. The molecule has 1 aromatic rings. The molecule has 1 atom stereocenters. The summed E-state index contributed by atoms with van der Waals surface area (Å²) in [7, 11) is -7.00. The topological polar surface area (TPSA) is 106 Å². The second-order valence-corrected chi connectivity index (χ2v) is 8.54. The molecule has 10 heteroatoms. The summed E-state index contributed by atoms with van der Waals surface area (Å²) in [5, 5.41) is -0.0563. The monoisotopic (exact) mass is 325 g/mol. The first-order valence-corrected chi connectivity index (χ1v) is 9.17. The molecular weight excluding hydrogens is 314 g/mol. The van der Waals surface area contributed by atoms with E-state index >= 15 is 0 Å². The zero-order chi connectivity index (χ0) is 14.1. The Morgan fingerprint density at radius 2 is 1.95 bits per heavy atom. The van der Waals surface area contributed by atoms with Crippen molar-refractivity contribution in [3.05, 3.63) is 17.7 Å². The first kappa shape index (κ1) is 14.6. The maximum Gasteiger partial charge on any atom is 0.243 e. The molecule has 19 heavy (non-hydrogen) atoms. The molecule has 0 spiro atoms. The highest BCUT2D eigenvalue weighted by molar-refractivity contribution is 7.91. The highest BCUT2D eigenvalue weighted by Crippen LogP contribution is 2.15. The third-order valence-electron chi connectivity index (χ3n) is 2.69. The molecule has 0 aliphatic carbocycles. The quantitative estimate of drug-likeness (QED) is 0.783. The Hall–Kier alpha value is -0.770. The molecule has 2 heterocycles. The van der Waals surface area contributed by atoms with E-state index < -0.39 is 25.9 Å². The van der Waals surface area contributed by atoms with Crippen LogP contribution < -0.4 is 4.72 Å². The van der Waals surface area contributed by atoms with Gasteiger partial charge in [0.25, 0.3) is 0 Å². The van der Waals surface area contributed by atoms with Crippen LogP contribution in [0.2, 0.25) is 5.28 Å². The normalized spacial score (nSPS) is 23.1. The lowest BCUT2D eigenvalue weighted by molar-refractivity contribution is 0.517. The van der Waals surface area contributed by atoms with Crippen molar-refractivity contribution in [2.75, 3.05) is 11.5 Å². The Labute approximate surface area is 116 Å². The average molecular weight is 326 g/mol. The van der Waals surface area contributed by atoms with Gasteiger partial charge < -0.3 is 0 Å². The van der Waals surface area contributed by atoms with Crippen molar-refractivity contribution >= 4 is 31.5 Å². The van der Waals surface area contributed by atoms with Crippen LogP contribution in [0.1, 0.15) is 12.8 Å². The van der Waals surface area contributed by atoms with Crippen molar-refractivity contribution in [2.24, 2.45) is 0 Å². The van der Waals surface area contributed by atoms with Gasteiger partial charge in [0.2, 0.25) is 15.3 Å². The van der Waals surface area contributed by atoms with Crippen molar-refractivity contribution in [1.29, 1.82) is 0 Å². The lowest BCUT2D eigenvalue weighted by Crippen LogP contribution is -2.43. The molecule has 1 aliphatic heterocycles. The van der Waals surface area contributed by atoms with Gasteiger partial charge in [-0.15, -0.1) is 0 Å². The SMILES string of the molecule is O=S1(=O)CCCC(NS(=O)(=O)c2cnc(Cl)nc2)C1. The summed E-state index contributed by atoms with van der Waals surface area (Å²) in [5.41, 5.74) is 0. The van der Waals surface area contributed by atoms with E-state index in [-0.39, 0.29) is 21.7 Å². The van der Waals surface area contributed by atoms with E-state index in [1.165, 1.54) is 0 Å². The number of hydrogen-bond donors (Lipinski definition) is 1. The molecule has 1 N–H and O–H groups in total. The van der Waals surface area contributed by atoms with Gasteiger partial charge in [-0.05, 0) is 24.4 Å². The molecule has 1 fully saturated rings. The summed E-state index contributed by atoms with van der Waals surface area (Å²) in [4.78, 5) is 7.03. The second kappa shape index (κ2) is 5.31. The average Bonchev–Trinajstić information content (AvgIpc) is 2.27. The number of nitrogens with one attached hydrogen (secondary N) is 1. The molecule has 0 bridgehead atoms. The number of nitrogens with zero attached hydrogens (tertiary/aromatic N) is 2. The fourth-order valence-electron chi connectivity index (χ4n) is 1.84. The summed E-state index contributed by atoms with van der Waals surface area (Å²) in [6.07, 6.45) is 3.10. The Morgan fingerprint density at radius 1 is 1.32 bits per heavy atom. The number of sulfonamides is 1. The second-order valence-electron chi connectivity index (χ2n) is 4.26.